The van der Waals surface area contributed by atoms with E-state index in [4.69, 9.17) is 10.5 Å². The van der Waals surface area contributed by atoms with Crippen molar-refractivity contribution in [3.8, 4) is 0 Å². The highest BCUT2D eigenvalue weighted by atomic mass is 32.2. The second-order valence-electron chi connectivity index (χ2n) is 4.24. The van der Waals surface area contributed by atoms with Gasteiger partial charge >= 0.3 is 0 Å². The summed E-state index contributed by atoms with van der Waals surface area (Å²) in [5.74, 6) is 0.873. The van der Waals surface area contributed by atoms with Crippen molar-refractivity contribution in [1.82, 2.24) is 4.98 Å². The zero-order chi connectivity index (χ0) is 13.7. The molecule has 1 aromatic carbocycles. The SMILES string of the molecule is COCc1nc(CSc2ccccc2)sc1C(C)N. The maximum atomic E-state index is 5.97. The van der Waals surface area contributed by atoms with E-state index in [-0.39, 0.29) is 6.04 Å². The molecule has 2 N–H and O–H groups in total. The molecule has 19 heavy (non-hydrogen) atoms. The summed E-state index contributed by atoms with van der Waals surface area (Å²) in [6.45, 7) is 2.52. The van der Waals surface area contributed by atoms with E-state index in [9.17, 15) is 0 Å². The molecule has 0 saturated carbocycles. The molecular formula is C14H18N2OS2. The Morgan fingerprint density at radius 3 is 2.74 bits per heavy atom. The molecule has 2 rings (SSSR count). The van der Waals surface area contributed by atoms with Crippen LogP contribution in [0.2, 0.25) is 0 Å². The Balaban J connectivity index is 2.06. The van der Waals surface area contributed by atoms with Crippen LogP contribution < -0.4 is 5.73 Å². The molecule has 0 amide bonds. The number of thioether (sulfide) groups is 1. The highest BCUT2D eigenvalue weighted by Gasteiger charge is 2.14. The van der Waals surface area contributed by atoms with Crippen LogP contribution >= 0.6 is 23.1 Å². The molecule has 0 fully saturated rings. The van der Waals surface area contributed by atoms with Crippen LogP contribution in [0.25, 0.3) is 0 Å². The minimum atomic E-state index is 0.0122. The zero-order valence-electron chi connectivity index (χ0n) is 11.1. The van der Waals surface area contributed by atoms with E-state index < -0.39 is 0 Å². The highest BCUT2D eigenvalue weighted by molar-refractivity contribution is 7.98. The first-order valence-corrected chi connectivity index (χ1v) is 7.91. The van der Waals surface area contributed by atoms with Gasteiger partial charge in [-0.2, -0.15) is 0 Å². The van der Waals surface area contributed by atoms with Crippen LogP contribution in [0.3, 0.4) is 0 Å². The molecule has 0 aliphatic rings. The Bertz CT molecular complexity index is 511. The average Bonchev–Trinajstić information content (AvgIpc) is 2.81. The van der Waals surface area contributed by atoms with E-state index in [1.54, 1.807) is 30.2 Å². The predicted molar refractivity (Wildman–Crippen MR) is 81.4 cm³/mol. The number of hydrogen-bond acceptors (Lipinski definition) is 5. The molecule has 0 spiro atoms. The molecule has 1 unspecified atom stereocenters. The van der Waals surface area contributed by atoms with Gasteiger partial charge in [0, 0.05) is 22.9 Å². The molecule has 1 atom stereocenters. The summed E-state index contributed by atoms with van der Waals surface area (Å²) in [6, 6.07) is 10.4. The lowest BCUT2D eigenvalue weighted by Crippen LogP contribution is -2.06. The molecule has 102 valence electrons. The van der Waals surface area contributed by atoms with Gasteiger partial charge < -0.3 is 10.5 Å². The van der Waals surface area contributed by atoms with E-state index in [1.807, 2.05) is 25.1 Å². The van der Waals surface area contributed by atoms with Gasteiger partial charge in [0.15, 0.2) is 0 Å². The maximum absolute atomic E-state index is 5.97. The normalized spacial score (nSPS) is 12.6. The summed E-state index contributed by atoms with van der Waals surface area (Å²) < 4.78 is 5.18. The maximum Gasteiger partial charge on any atom is 0.104 e. The summed E-state index contributed by atoms with van der Waals surface area (Å²) in [7, 11) is 1.68. The fourth-order valence-electron chi connectivity index (χ4n) is 1.73. The van der Waals surface area contributed by atoms with Crippen molar-refractivity contribution < 1.29 is 4.74 Å². The van der Waals surface area contributed by atoms with Crippen LogP contribution in [0.5, 0.6) is 0 Å². The van der Waals surface area contributed by atoms with Crippen LogP contribution in [0.15, 0.2) is 35.2 Å². The first kappa shape index (κ1) is 14.5. The van der Waals surface area contributed by atoms with Gasteiger partial charge in [-0.25, -0.2) is 4.98 Å². The third kappa shape index (κ3) is 4.04. The van der Waals surface area contributed by atoms with Gasteiger partial charge in [-0.15, -0.1) is 23.1 Å². The van der Waals surface area contributed by atoms with Gasteiger partial charge in [-0.3, -0.25) is 0 Å². The Hall–Kier alpha value is -0.880. The second kappa shape index (κ2) is 7.05. The number of rotatable bonds is 6. The van der Waals surface area contributed by atoms with Crippen LogP contribution in [-0.2, 0) is 17.1 Å². The van der Waals surface area contributed by atoms with E-state index in [2.05, 4.69) is 17.1 Å². The second-order valence-corrected chi connectivity index (χ2v) is 6.41. The van der Waals surface area contributed by atoms with Crippen molar-refractivity contribution in [2.75, 3.05) is 7.11 Å². The Kier molecular flexibility index (Phi) is 5.39. The number of benzene rings is 1. The molecule has 2 aromatic rings. The fourth-order valence-corrected chi connectivity index (χ4v) is 3.67. The number of thiazole rings is 1. The molecule has 3 nitrogen and oxygen atoms in total. The fraction of sp³-hybridized carbons (Fsp3) is 0.357. The van der Waals surface area contributed by atoms with Crippen LogP contribution in [-0.4, -0.2) is 12.1 Å². The van der Waals surface area contributed by atoms with Gasteiger partial charge in [-0.1, -0.05) is 18.2 Å². The smallest absolute Gasteiger partial charge is 0.104 e. The third-order valence-electron chi connectivity index (χ3n) is 2.57. The third-order valence-corrected chi connectivity index (χ3v) is 5.08. The molecule has 0 aliphatic carbocycles. The summed E-state index contributed by atoms with van der Waals surface area (Å²) in [4.78, 5) is 7.02. The monoisotopic (exact) mass is 294 g/mol. The number of methoxy groups -OCH3 is 1. The van der Waals surface area contributed by atoms with Crippen molar-refractivity contribution in [1.29, 1.82) is 0 Å². The molecule has 0 saturated heterocycles. The number of aromatic nitrogens is 1. The van der Waals surface area contributed by atoms with Crippen molar-refractivity contribution in [2.24, 2.45) is 5.73 Å². The van der Waals surface area contributed by atoms with Gasteiger partial charge in [0.25, 0.3) is 0 Å². The Morgan fingerprint density at radius 2 is 2.11 bits per heavy atom. The van der Waals surface area contributed by atoms with E-state index in [1.165, 1.54) is 4.90 Å². The minimum Gasteiger partial charge on any atom is -0.378 e. The van der Waals surface area contributed by atoms with Crippen LogP contribution in [0.4, 0.5) is 0 Å². The molecule has 0 aliphatic heterocycles. The molecule has 0 bridgehead atoms. The molecule has 1 heterocycles. The summed E-state index contributed by atoms with van der Waals surface area (Å²) in [5, 5.41) is 1.10. The van der Waals surface area contributed by atoms with Gasteiger partial charge in [0.2, 0.25) is 0 Å². The first-order valence-electron chi connectivity index (χ1n) is 6.11. The quantitative estimate of drug-likeness (QED) is 0.827. The topological polar surface area (TPSA) is 48.1 Å². The number of hydrogen-bond donors (Lipinski definition) is 1. The van der Waals surface area contributed by atoms with Crippen molar-refractivity contribution in [2.45, 2.75) is 30.2 Å². The molecule has 1 aromatic heterocycles. The van der Waals surface area contributed by atoms with Crippen LogP contribution in [0, 0.1) is 0 Å². The lowest BCUT2D eigenvalue weighted by molar-refractivity contribution is 0.181. The van der Waals surface area contributed by atoms with Gasteiger partial charge in [-0.05, 0) is 19.1 Å². The van der Waals surface area contributed by atoms with E-state index >= 15 is 0 Å². The molecular weight excluding hydrogens is 276 g/mol. The molecule has 0 radical (unpaired) electrons. The highest BCUT2D eigenvalue weighted by Crippen LogP contribution is 2.29. The standard InChI is InChI=1S/C14H18N2OS2/c1-10(15)14-12(8-17-2)16-13(19-14)9-18-11-6-4-3-5-7-11/h3-7,10H,8-9,15H2,1-2H3. The van der Waals surface area contributed by atoms with Crippen LogP contribution in [0.1, 0.15) is 28.5 Å². The zero-order valence-corrected chi connectivity index (χ0v) is 12.8. The average molecular weight is 294 g/mol. The summed E-state index contributed by atoms with van der Waals surface area (Å²) in [5.41, 5.74) is 6.95. The van der Waals surface area contributed by atoms with E-state index in [0.29, 0.717) is 6.61 Å². The number of nitrogens with two attached hydrogens (primary N) is 1. The summed E-state index contributed by atoms with van der Waals surface area (Å²) >= 11 is 3.48. The van der Waals surface area contributed by atoms with E-state index in [0.717, 1.165) is 21.3 Å². The number of nitrogens with zero attached hydrogens (tertiary/aromatic N) is 1. The minimum absolute atomic E-state index is 0.0122. The number of ether oxygens (including phenoxy) is 1. The predicted octanol–water partition coefficient (Wildman–Crippen LogP) is 3.60. The largest absolute Gasteiger partial charge is 0.378 e. The first-order chi connectivity index (χ1) is 9.20. The summed E-state index contributed by atoms with van der Waals surface area (Å²) in [6.07, 6.45) is 0. The van der Waals surface area contributed by atoms with Crippen molar-refractivity contribution in [3.63, 3.8) is 0 Å². The van der Waals surface area contributed by atoms with Gasteiger partial charge in [0.1, 0.15) is 5.01 Å². The molecule has 5 heteroatoms. The van der Waals surface area contributed by atoms with Crippen molar-refractivity contribution >= 4 is 23.1 Å². The lowest BCUT2D eigenvalue weighted by atomic mass is 10.2. The van der Waals surface area contributed by atoms with Gasteiger partial charge in [0.05, 0.1) is 18.1 Å². The Morgan fingerprint density at radius 1 is 1.37 bits per heavy atom. The lowest BCUT2D eigenvalue weighted by Gasteiger charge is -2.03. The van der Waals surface area contributed by atoms with Crippen molar-refractivity contribution in [3.05, 3.63) is 45.9 Å². The Labute approximate surface area is 122 Å².